The Morgan fingerprint density at radius 2 is 1.81 bits per heavy atom. The number of Topliss-reactive ketones (excluding diaryl/α,β-unsaturated/α-hetero) is 1. The number of carbonyl (C=O) groups excluding carboxylic acids is 1. The van der Waals surface area contributed by atoms with Crippen LogP contribution in [0.15, 0.2) is 47.5 Å². The third-order valence-corrected chi connectivity index (χ3v) is 4.35. The molecular weight excluding hydrogens is 420 g/mol. The molecule has 0 bridgehead atoms. The Kier molecular flexibility index (Phi) is 5.87. The van der Waals surface area contributed by atoms with Crippen LogP contribution in [0.25, 0.3) is 11.6 Å². The van der Waals surface area contributed by atoms with Gasteiger partial charge in [0.25, 0.3) is 5.56 Å². The SMILES string of the molecule is CC(C)(CC(=O)c1cc(=O)[nH]c(-c2ncccn2)n1)c1ccc(OC(F)(F)F)c(F)c1. The van der Waals surface area contributed by atoms with Crippen LogP contribution in [0.3, 0.4) is 0 Å². The van der Waals surface area contributed by atoms with Gasteiger partial charge in [-0.15, -0.1) is 13.2 Å². The molecule has 162 valence electrons. The van der Waals surface area contributed by atoms with E-state index in [1.165, 1.54) is 18.5 Å². The molecule has 0 atom stereocenters. The molecule has 3 rings (SSSR count). The molecular formula is C20H16F4N4O3. The average molecular weight is 436 g/mol. The minimum atomic E-state index is -5.03. The number of aromatic nitrogens is 4. The summed E-state index contributed by atoms with van der Waals surface area (Å²) in [5.74, 6) is -2.58. The third-order valence-electron chi connectivity index (χ3n) is 4.35. The molecule has 0 amide bonds. The second-order valence-corrected chi connectivity index (χ2v) is 7.23. The van der Waals surface area contributed by atoms with Crippen molar-refractivity contribution < 1.29 is 27.1 Å². The van der Waals surface area contributed by atoms with Crippen LogP contribution in [0.1, 0.15) is 36.3 Å². The molecule has 0 fully saturated rings. The van der Waals surface area contributed by atoms with E-state index in [-0.39, 0.29) is 29.3 Å². The standard InChI is InChI=1S/C20H16F4N4O3/c1-19(2,11-4-5-15(12(21)8-11)31-20(22,23)24)10-14(29)13-9-16(30)28-18(27-13)17-25-6-3-7-26-17/h3-9H,10H2,1-2H3,(H,27,28,30). The lowest BCUT2D eigenvalue weighted by Gasteiger charge is -2.25. The van der Waals surface area contributed by atoms with Gasteiger partial charge < -0.3 is 9.72 Å². The van der Waals surface area contributed by atoms with Gasteiger partial charge in [0, 0.05) is 24.9 Å². The fourth-order valence-corrected chi connectivity index (χ4v) is 2.85. The zero-order valence-electron chi connectivity index (χ0n) is 16.3. The van der Waals surface area contributed by atoms with Crippen molar-refractivity contribution in [3.05, 3.63) is 70.2 Å². The van der Waals surface area contributed by atoms with E-state index < -0.39 is 34.7 Å². The number of carbonyl (C=O) groups is 1. The van der Waals surface area contributed by atoms with E-state index in [2.05, 4.69) is 24.7 Å². The first-order chi connectivity index (χ1) is 14.4. The van der Waals surface area contributed by atoms with E-state index in [1.807, 2.05) is 0 Å². The zero-order chi connectivity index (χ0) is 22.8. The minimum absolute atomic E-state index is 0.00829. The van der Waals surface area contributed by atoms with Crippen molar-refractivity contribution in [2.24, 2.45) is 0 Å². The number of benzene rings is 1. The van der Waals surface area contributed by atoms with Crippen molar-refractivity contribution in [3.8, 4) is 17.4 Å². The first-order valence-electron chi connectivity index (χ1n) is 8.92. The van der Waals surface area contributed by atoms with Crippen molar-refractivity contribution in [1.82, 2.24) is 19.9 Å². The second kappa shape index (κ2) is 8.25. The van der Waals surface area contributed by atoms with E-state index in [1.54, 1.807) is 19.9 Å². The number of nitrogens with one attached hydrogen (secondary N) is 1. The number of halogens is 4. The summed E-state index contributed by atoms with van der Waals surface area (Å²) in [6, 6.07) is 5.56. The molecule has 2 heterocycles. The van der Waals surface area contributed by atoms with Crippen LogP contribution < -0.4 is 10.3 Å². The first-order valence-corrected chi connectivity index (χ1v) is 8.92. The van der Waals surface area contributed by atoms with E-state index in [9.17, 15) is 27.2 Å². The van der Waals surface area contributed by atoms with E-state index >= 15 is 0 Å². The van der Waals surface area contributed by atoms with Crippen molar-refractivity contribution in [3.63, 3.8) is 0 Å². The lowest BCUT2D eigenvalue weighted by atomic mass is 9.79. The number of aromatic amines is 1. The van der Waals surface area contributed by atoms with Gasteiger partial charge in [-0.25, -0.2) is 19.3 Å². The van der Waals surface area contributed by atoms with Crippen LogP contribution in [0, 0.1) is 5.82 Å². The fraction of sp³-hybridized carbons (Fsp3) is 0.250. The van der Waals surface area contributed by atoms with Crippen LogP contribution in [0.5, 0.6) is 5.75 Å². The number of hydrogen-bond donors (Lipinski definition) is 1. The normalized spacial score (nSPS) is 11.9. The topological polar surface area (TPSA) is 97.8 Å². The summed E-state index contributed by atoms with van der Waals surface area (Å²) in [4.78, 5) is 39.2. The predicted molar refractivity (Wildman–Crippen MR) is 101 cm³/mol. The summed E-state index contributed by atoms with van der Waals surface area (Å²) in [5.41, 5.74) is -1.44. The molecule has 0 aliphatic carbocycles. The van der Waals surface area contributed by atoms with Crippen molar-refractivity contribution in [2.75, 3.05) is 0 Å². The number of nitrogens with zero attached hydrogens (tertiary/aromatic N) is 3. The molecule has 0 saturated carbocycles. The maximum atomic E-state index is 14.1. The van der Waals surface area contributed by atoms with Gasteiger partial charge in [-0.05, 0) is 29.2 Å². The van der Waals surface area contributed by atoms with Gasteiger partial charge in [-0.2, -0.15) is 0 Å². The predicted octanol–water partition coefficient (Wildman–Crippen LogP) is 3.82. The Hall–Kier alpha value is -3.63. The number of ether oxygens (including phenoxy) is 1. The van der Waals surface area contributed by atoms with Gasteiger partial charge in [0.2, 0.25) is 0 Å². The van der Waals surface area contributed by atoms with Crippen molar-refractivity contribution in [2.45, 2.75) is 32.0 Å². The highest BCUT2D eigenvalue weighted by Gasteiger charge is 2.33. The number of alkyl halides is 3. The molecule has 0 spiro atoms. The summed E-state index contributed by atoms with van der Waals surface area (Å²) >= 11 is 0. The molecule has 0 unspecified atom stereocenters. The fourth-order valence-electron chi connectivity index (χ4n) is 2.85. The van der Waals surface area contributed by atoms with Crippen molar-refractivity contribution >= 4 is 5.78 Å². The van der Waals surface area contributed by atoms with Crippen LogP contribution in [0.4, 0.5) is 17.6 Å². The van der Waals surface area contributed by atoms with Gasteiger partial charge >= 0.3 is 6.36 Å². The Bertz CT molecular complexity index is 1160. The monoisotopic (exact) mass is 436 g/mol. The highest BCUT2D eigenvalue weighted by atomic mass is 19.4. The van der Waals surface area contributed by atoms with Crippen LogP contribution in [-0.2, 0) is 5.41 Å². The molecule has 0 radical (unpaired) electrons. The maximum Gasteiger partial charge on any atom is 0.573 e. The van der Waals surface area contributed by atoms with Crippen molar-refractivity contribution in [1.29, 1.82) is 0 Å². The Morgan fingerprint density at radius 3 is 2.42 bits per heavy atom. The molecule has 7 nitrogen and oxygen atoms in total. The summed E-state index contributed by atoms with van der Waals surface area (Å²) < 4.78 is 54.7. The third kappa shape index (κ3) is 5.50. The number of H-pyrrole nitrogens is 1. The van der Waals surface area contributed by atoms with Gasteiger partial charge in [-0.3, -0.25) is 9.59 Å². The second-order valence-electron chi connectivity index (χ2n) is 7.23. The highest BCUT2D eigenvalue weighted by molar-refractivity contribution is 5.95. The van der Waals surface area contributed by atoms with Crippen LogP contribution >= 0.6 is 0 Å². The van der Waals surface area contributed by atoms with Crippen LogP contribution in [0.2, 0.25) is 0 Å². The number of ketones is 1. The Morgan fingerprint density at radius 1 is 1.13 bits per heavy atom. The Balaban J connectivity index is 1.85. The summed E-state index contributed by atoms with van der Waals surface area (Å²) in [6.07, 6.45) is -2.33. The van der Waals surface area contributed by atoms with Gasteiger partial charge in [0.15, 0.2) is 29.0 Å². The highest BCUT2D eigenvalue weighted by Crippen LogP contribution is 2.33. The minimum Gasteiger partial charge on any atom is -0.403 e. The largest absolute Gasteiger partial charge is 0.573 e. The molecule has 1 aromatic carbocycles. The summed E-state index contributed by atoms with van der Waals surface area (Å²) in [6.45, 7) is 3.22. The molecule has 1 N–H and O–H groups in total. The van der Waals surface area contributed by atoms with Gasteiger partial charge in [-0.1, -0.05) is 19.9 Å². The maximum absolute atomic E-state index is 14.1. The lowest BCUT2D eigenvalue weighted by molar-refractivity contribution is -0.275. The van der Waals surface area contributed by atoms with Gasteiger partial charge in [0.05, 0.1) is 0 Å². The molecule has 0 aliphatic heterocycles. The summed E-state index contributed by atoms with van der Waals surface area (Å²) in [5, 5.41) is 0. The zero-order valence-corrected chi connectivity index (χ0v) is 16.3. The van der Waals surface area contributed by atoms with Gasteiger partial charge in [0.1, 0.15) is 5.69 Å². The Labute approximate surface area is 173 Å². The number of rotatable bonds is 6. The molecule has 3 aromatic rings. The van der Waals surface area contributed by atoms with Crippen LogP contribution in [-0.4, -0.2) is 32.1 Å². The lowest BCUT2D eigenvalue weighted by Crippen LogP contribution is -2.24. The molecule has 2 aromatic heterocycles. The van der Waals surface area contributed by atoms with E-state index in [0.717, 1.165) is 18.2 Å². The molecule has 11 heteroatoms. The number of hydrogen-bond acceptors (Lipinski definition) is 6. The first kappa shape index (κ1) is 22.1. The smallest absolute Gasteiger partial charge is 0.403 e. The van der Waals surface area contributed by atoms with E-state index in [0.29, 0.717) is 0 Å². The van der Waals surface area contributed by atoms with E-state index in [4.69, 9.17) is 0 Å². The summed E-state index contributed by atoms with van der Waals surface area (Å²) in [7, 11) is 0. The molecule has 31 heavy (non-hydrogen) atoms. The average Bonchev–Trinajstić information content (AvgIpc) is 2.68. The molecule has 0 saturated heterocycles. The quantitative estimate of drug-likeness (QED) is 0.466. The molecule has 0 aliphatic rings.